The molecular formula is C5H12N2O4S. The van der Waals surface area contributed by atoms with Crippen LogP contribution in [0.3, 0.4) is 0 Å². The van der Waals surface area contributed by atoms with Crippen molar-refractivity contribution in [2.45, 2.75) is 6.92 Å². The van der Waals surface area contributed by atoms with Gasteiger partial charge in [0.2, 0.25) is 0 Å². The van der Waals surface area contributed by atoms with Crippen molar-refractivity contribution in [1.82, 2.24) is 10.6 Å². The fourth-order valence-corrected chi connectivity index (χ4v) is 0.877. The minimum Gasteiger partial charge on any atom is -0.338 e. The van der Waals surface area contributed by atoms with Crippen molar-refractivity contribution in [1.29, 1.82) is 0 Å². The average Bonchev–Trinajstić information content (AvgIpc) is 1.84. The summed E-state index contributed by atoms with van der Waals surface area (Å²) in [6, 6.07) is -0.443. The van der Waals surface area contributed by atoms with Gasteiger partial charge in [-0.2, -0.15) is 8.42 Å². The molecule has 0 rings (SSSR count). The molecule has 0 aromatic rings. The van der Waals surface area contributed by atoms with Crippen molar-refractivity contribution in [3.63, 3.8) is 0 Å². The van der Waals surface area contributed by atoms with Crippen LogP contribution >= 0.6 is 0 Å². The summed E-state index contributed by atoms with van der Waals surface area (Å²) >= 11 is 0. The Morgan fingerprint density at radius 3 is 2.42 bits per heavy atom. The van der Waals surface area contributed by atoms with E-state index in [1.165, 1.54) is 0 Å². The minimum absolute atomic E-state index is 0.0926. The van der Waals surface area contributed by atoms with Gasteiger partial charge < -0.3 is 10.6 Å². The van der Waals surface area contributed by atoms with Crippen LogP contribution < -0.4 is 10.6 Å². The van der Waals surface area contributed by atoms with Crippen LogP contribution in [0, 0.1) is 0 Å². The van der Waals surface area contributed by atoms with Gasteiger partial charge in [-0.1, -0.05) is 0 Å². The highest BCUT2D eigenvalue weighted by Gasteiger charge is 2.04. The number of hydrogen-bond acceptors (Lipinski definition) is 3. The van der Waals surface area contributed by atoms with E-state index >= 15 is 0 Å². The zero-order valence-corrected chi connectivity index (χ0v) is 7.52. The quantitative estimate of drug-likeness (QED) is 0.512. The Balaban J connectivity index is 3.51. The lowest BCUT2D eigenvalue weighted by Gasteiger charge is -2.03. The lowest BCUT2D eigenvalue weighted by Crippen LogP contribution is -2.37. The molecule has 0 bridgehead atoms. The molecular weight excluding hydrogens is 184 g/mol. The summed E-state index contributed by atoms with van der Waals surface area (Å²) in [4.78, 5) is 10.6. The van der Waals surface area contributed by atoms with Crippen molar-refractivity contribution < 1.29 is 17.8 Å². The van der Waals surface area contributed by atoms with Crippen molar-refractivity contribution in [3.8, 4) is 0 Å². The fraction of sp³-hybridized carbons (Fsp3) is 0.800. The Morgan fingerprint density at radius 1 is 1.42 bits per heavy atom. The van der Waals surface area contributed by atoms with Crippen LogP contribution in [0.2, 0.25) is 0 Å². The molecule has 0 aliphatic heterocycles. The SMILES string of the molecule is CCNC(=O)NCCS(=O)(=O)O. The summed E-state index contributed by atoms with van der Waals surface area (Å²) in [5.74, 6) is -0.468. The van der Waals surface area contributed by atoms with Gasteiger partial charge in [0.1, 0.15) is 0 Å². The third-order valence-corrected chi connectivity index (χ3v) is 1.70. The molecule has 0 fully saturated rings. The van der Waals surface area contributed by atoms with Gasteiger partial charge >= 0.3 is 6.03 Å². The van der Waals surface area contributed by atoms with Crippen molar-refractivity contribution >= 4 is 16.1 Å². The zero-order chi connectivity index (χ0) is 9.61. The second-order valence-corrected chi connectivity index (χ2v) is 3.64. The van der Waals surface area contributed by atoms with Crippen LogP contribution in [0.5, 0.6) is 0 Å². The number of nitrogens with one attached hydrogen (secondary N) is 2. The predicted octanol–water partition coefficient (Wildman–Crippen LogP) is -0.807. The fourth-order valence-electron chi connectivity index (χ4n) is 0.517. The van der Waals surface area contributed by atoms with Crippen LogP contribution in [0.15, 0.2) is 0 Å². The summed E-state index contributed by atoms with van der Waals surface area (Å²) in [5, 5.41) is 4.66. The van der Waals surface area contributed by atoms with Crippen molar-refractivity contribution in [2.24, 2.45) is 0 Å². The van der Waals surface area contributed by atoms with E-state index in [2.05, 4.69) is 10.6 Å². The molecule has 7 heteroatoms. The van der Waals surface area contributed by atoms with Crippen LogP contribution in [0.1, 0.15) is 6.92 Å². The third-order valence-electron chi connectivity index (χ3n) is 0.983. The summed E-state index contributed by atoms with van der Waals surface area (Å²) in [6.07, 6.45) is 0. The number of carbonyl (C=O) groups is 1. The Labute approximate surface area is 71.1 Å². The lowest BCUT2D eigenvalue weighted by atomic mass is 10.7. The summed E-state index contributed by atoms with van der Waals surface area (Å²) in [7, 11) is -3.98. The number of urea groups is 1. The Morgan fingerprint density at radius 2 is 2.00 bits per heavy atom. The minimum atomic E-state index is -3.98. The van der Waals surface area contributed by atoms with Crippen LogP contribution in [-0.4, -0.2) is 37.8 Å². The molecule has 0 saturated heterocycles. The van der Waals surface area contributed by atoms with Crippen LogP contribution in [0.25, 0.3) is 0 Å². The molecule has 0 spiro atoms. The molecule has 0 aromatic heterocycles. The maximum atomic E-state index is 10.6. The molecule has 72 valence electrons. The molecule has 0 aliphatic carbocycles. The summed E-state index contributed by atoms with van der Waals surface area (Å²) < 4.78 is 28.6. The molecule has 3 N–H and O–H groups in total. The zero-order valence-electron chi connectivity index (χ0n) is 6.70. The molecule has 0 radical (unpaired) electrons. The monoisotopic (exact) mass is 196 g/mol. The maximum Gasteiger partial charge on any atom is 0.314 e. The van der Waals surface area contributed by atoms with Crippen molar-refractivity contribution in [3.05, 3.63) is 0 Å². The van der Waals surface area contributed by atoms with Gasteiger partial charge in [-0.25, -0.2) is 4.79 Å². The third kappa shape index (κ3) is 7.29. The molecule has 0 atom stereocenters. The average molecular weight is 196 g/mol. The number of rotatable bonds is 4. The molecule has 0 unspecified atom stereocenters. The van der Waals surface area contributed by atoms with E-state index < -0.39 is 21.9 Å². The van der Waals surface area contributed by atoms with E-state index in [1.807, 2.05) is 0 Å². The molecule has 6 nitrogen and oxygen atoms in total. The van der Waals surface area contributed by atoms with Gasteiger partial charge in [0.25, 0.3) is 10.1 Å². The Kier molecular flexibility index (Phi) is 4.60. The van der Waals surface area contributed by atoms with Crippen LogP contribution in [-0.2, 0) is 10.1 Å². The standard InChI is InChI=1S/C5H12N2O4S/c1-2-6-5(8)7-3-4-12(9,10)11/h2-4H2,1H3,(H2,6,7,8)(H,9,10,11). The molecule has 0 saturated carbocycles. The first-order valence-electron chi connectivity index (χ1n) is 3.42. The van der Waals surface area contributed by atoms with Gasteiger partial charge in [0, 0.05) is 13.1 Å². The molecule has 2 amide bonds. The van der Waals surface area contributed by atoms with Gasteiger partial charge in [-0.05, 0) is 6.92 Å². The molecule has 12 heavy (non-hydrogen) atoms. The summed E-state index contributed by atoms with van der Waals surface area (Å²) in [5.41, 5.74) is 0. The second kappa shape index (κ2) is 4.94. The summed E-state index contributed by atoms with van der Waals surface area (Å²) in [6.45, 7) is 2.12. The highest BCUT2D eigenvalue weighted by atomic mass is 32.2. The van der Waals surface area contributed by atoms with Crippen LogP contribution in [0.4, 0.5) is 4.79 Å². The number of hydrogen-bond donors (Lipinski definition) is 3. The predicted molar refractivity (Wildman–Crippen MR) is 43.5 cm³/mol. The molecule has 0 aliphatic rings. The topological polar surface area (TPSA) is 95.5 Å². The van der Waals surface area contributed by atoms with Gasteiger partial charge in [0.15, 0.2) is 0 Å². The van der Waals surface area contributed by atoms with E-state index in [-0.39, 0.29) is 6.54 Å². The van der Waals surface area contributed by atoms with E-state index in [9.17, 15) is 13.2 Å². The van der Waals surface area contributed by atoms with E-state index in [4.69, 9.17) is 4.55 Å². The van der Waals surface area contributed by atoms with Gasteiger partial charge in [0.05, 0.1) is 5.75 Å². The van der Waals surface area contributed by atoms with E-state index in [0.717, 1.165) is 0 Å². The normalized spacial score (nSPS) is 10.8. The number of carbonyl (C=O) groups excluding carboxylic acids is 1. The Bertz CT molecular complexity index is 236. The van der Waals surface area contributed by atoms with E-state index in [1.54, 1.807) is 6.92 Å². The molecule has 0 aromatic carbocycles. The molecule has 0 heterocycles. The lowest BCUT2D eigenvalue weighted by molar-refractivity contribution is 0.242. The second-order valence-electron chi connectivity index (χ2n) is 2.07. The first-order chi connectivity index (χ1) is 5.45. The highest BCUT2D eigenvalue weighted by molar-refractivity contribution is 7.85. The first-order valence-corrected chi connectivity index (χ1v) is 5.03. The number of amides is 2. The smallest absolute Gasteiger partial charge is 0.314 e. The van der Waals surface area contributed by atoms with E-state index in [0.29, 0.717) is 6.54 Å². The van der Waals surface area contributed by atoms with Gasteiger partial charge in [-0.15, -0.1) is 0 Å². The highest BCUT2D eigenvalue weighted by Crippen LogP contribution is 1.78. The van der Waals surface area contributed by atoms with Gasteiger partial charge in [-0.3, -0.25) is 4.55 Å². The largest absolute Gasteiger partial charge is 0.338 e. The maximum absolute atomic E-state index is 10.6. The first kappa shape index (κ1) is 11.2. The van der Waals surface area contributed by atoms with Crippen molar-refractivity contribution in [2.75, 3.05) is 18.8 Å². The Hall–Kier alpha value is -0.820.